The third-order valence-corrected chi connectivity index (χ3v) is 5.25. The molecule has 0 radical (unpaired) electrons. The van der Waals surface area contributed by atoms with E-state index < -0.39 is 11.9 Å². The van der Waals surface area contributed by atoms with E-state index in [9.17, 15) is 9.59 Å². The first kappa shape index (κ1) is 18.6. The van der Waals surface area contributed by atoms with Crippen LogP contribution in [0.2, 0.25) is 0 Å². The van der Waals surface area contributed by atoms with Gasteiger partial charge in [-0.05, 0) is 37.5 Å². The Bertz CT molecular complexity index is 885. The van der Waals surface area contributed by atoms with Gasteiger partial charge in [0, 0.05) is 36.4 Å². The number of ketones is 1. The van der Waals surface area contributed by atoms with Gasteiger partial charge in [-0.25, -0.2) is 4.79 Å². The van der Waals surface area contributed by atoms with Gasteiger partial charge in [0.15, 0.2) is 17.3 Å². The molecule has 0 fully saturated rings. The van der Waals surface area contributed by atoms with Crippen LogP contribution in [-0.4, -0.2) is 38.9 Å². The molecule has 0 amide bonds. The van der Waals surface area contributed by atoms with Crippen LogP contribution in [0.3, 0.4) is 0 Å². The number of allylic oxidation sites excluding steroid dienone is 3. The molecule has 1 aromatic carbocycles. The molecule has 4 rings (SSSR count). The van der Waals surface area contributed by atoms with Crippen molar-refractivity contribution in [2.45, 2.75) is 32.1 Å². The van der Waals surface area contributed by atoms with Gasteiger partial charge in [0.05, 0.1) is 12.2 Å². The van der Waals surface area contributed by atoms with Crippen molar-refractivity contribution in [3.05, 3.63) is 46.3 Å². The van der Waals surface area contributed by atoms with Gasteiger partial charge in [0.25, 0.3) is 0 Å². The van der Waals surface area contributed by atoms with E-state index in [0.29, 0.717) is 41.4 Å². The Morgan fingerprint density at radius 1 is 1.21 bits per heavy atom. The maximum atomic E-state index is 12.9. The molecule has 0 saturated heterocycles. The predicted molar refractivity (Wildman–Crippen MR) is 99.9 cm³/mol. The minimum Gasteiger partial charge on any atom is -0.460 e. The summed E-state index contributed by atoms with van der Waals surface area (Å²) in [7, 11) is 1.55. The van der Waals surface area contributed by atoms with Crippen LogP contribution in [0.5, 0.6) is 11.5 Å². The SMILES string of the molecule is COCCOC(=O)C1=C(C)NC2=C(C(=O)CCC2)[C@H]1c1ccc2c(c1)OCO2. The average molecular weight is 385 g/mol. The summed E-state index contributed by atoms with van der Waals surface area (Å²) in [4.78, 5) is 25.7. The van der Waals surface area contributed by atoms with Gasteiger partial charge in [0.2, 0.25) is 6.79 Å². The van der Waals surface area contributed by atoms with E-state index in [1.54, 1.807) is 7.11 Å². The number of carbonyl (C=O) groups is 2. The molecule has 1 aromatic rings. The molecule has 3 aliphatic rings. The molecule has 0 aromatic heterocycles. The molecule has 2 aliphatic heterocycles. The van der Waals surface area contributed by atoms with E-state index in [-0.39, 0.29) is 19.2 Å². The molecule has 1 aliphatic carbocycles. The number of nitrogens with one attached hydrogen (secondary N) is 1. The largest absolute Gasteiger partial charge is 0.460 e. The van der Waals surface area contributed by atoms with Gasteiger partial charge in [-0.15, -0.1) is 0 Å². The number of fused-ring (bicyclic) bond motifs is 1. The van der Waals surface area contributed by atoms with Crippen LogP contribution in [0.15, 0.2) is 40.7 Å². The van der Waals surface area contributed by atoms with Crippen molar-refractivity contribution in [1.82, 2.24) is 5.32 Å². The summed E-state index contributed by atoms with van der Waals surface area (Å²) in [5.74, 6) is 0.396. The minimum atomic E-state index is -0.492. The first-order valence-electron chi connectivity index (χ1n) is 9.39. The van der Waals surface area contributed by atoms with Crippen molar-refractivity contribution in [3.63, 3.8) is 0 Å². The second-order valence-electron chi connectivity index (χ2n) is 7.01. The van der Waals surface area contributed by atoms with Gasteiger partial charge in [-0.2, -0.15) is 0 Å². The lowest BCUT2D eigenvalue weighted by Gasteiger charge is -2.34. The molecule has 0 saturated carbocycles. The second kappa shape index (κ2) is 7.67. The van der Waals surface area contributed by atoms with E-state index in [0.717, 1.165) is 24.1 Å². The number of hydrogen-bond acceptors (Lipinski definition) is 7. The summed E-state index contributed by atoms with van der Waals surface area (Å²) in [6.45, 7) is 2.47. The number of benzene rings is 1. The summed E-state index contributed by atoms with van der Waals surface area (Å²) in [5.41, 5.74) is 3.51. The molecule has 7 heteroatoms. The fourth-order valence-electron chi connectivity index (χ4n) is 3.98. The van der Waals surface area contributed by atoms with Crippen molar-refractivity contribution in [3.8, 4) is 11.5 Å². The molecule has 0 bridgehead atoms. The highest BCUT2D eigenvalue weighted by molar-refractivity contribution is 6.03. The first-order valence-corrected chi connectivity index (χ1v) is 9.39. The zero-order chi connectivity index (χ0) is 19.7. The quantitative estimate of drug-likeness (QED) is 0.616. The Morgan fingerprint density at radius 2 is 2.04 bits per heavy atom. The number of carbonyl (C=O) groups excluding carboxylic acids is 2. The Hall–Kier alpha value is -2.80. The number of esters is 1. The maximum absolute atomic E-state index is 12.9. The first-order chi connectivity index (χ1) is 13.6. The van der Waals surface area contributed by atoms with Crippen molar-refractivity contribution < 1.29 is 28.5 Å². The lowest BCUT2D eigenvalue weighted by atomic mass is 9.75. The Balaban J connectivity index is 1.77. The van der Waals surface area contributed by atoms with Crippen molar-refractivity contribution in [2.75, 3.05) is 27.1 Å². The van der Waals surface area contributed by atoms with Crippen LogP contribution in [0.1, 0.15) is 37.7 Å². The predicted octanol–water partition coefficient (Wildman–Crippen LogP) is 2.57. The van der Waals surface area contributed by atoms with Crippen LogP contribution in [-0.2, 0) is 19.1 Å². The second-order valence-corrected chi connectivity index (χ2v) is 7.01. The summed E-state index contributed by atoms with van der Waals surface area (Å²) in [5, 5.41) is 3.27. The number of hydrogen-bond donors (Lipinski definition) is 1. The highest BCUT2D eigenvalue weighted by atomic mass is 16.7. The van der Waals surface area contributed by atoms with Crippen LogP contribution in [0, 0.1) is 0 Å². The van der Waals surface area contributed by atoms with Gasteiger partial charge < -0.3 is 24.3 Å². The molecule has 148 valence electrons. The van der Waals surface area contributed by atoms with Crippen LogP contribution < -0.4 is 14.8 Å². The number of rotatable bonds is 5. The molecule has 28 heavy (non-hydrogen) atoms. The molecule has 0 spiro atoms. The molecule has 1 atom stereocenters. The zero-order valence-corrected chi connectivity index (χ0v) is 16.0. The van der Waals surface area contributed by atoms with Crippen LogP contribution >= 0.6 is 0 Å². The Labute approximate surface area is 163 Å². The fourth-order valence-corrected chi connectivity index (χ4v) is 3.98. The zero-order valence-electron chi connectivity index (χ0n) is 16.0. The number of Topliss-reactive ketones (excluding diaryl/α,β-unsaturated/α-hetero) is 1. The summed E-state index contributed by atoms with van der Waals surface area (Å²) < 4.78 is 21.3. The van der Waals surface area contributed by atoms with E-state index >= 15 is 0 Å². The number of ether oxygens (including phenoxy) is 4. The molecular formula is C21H23NO6. The highest BCUT2D eigenvalue weighted by Crippen LogP contribution is 2.45. The van der Waals surface area contributed by atoms with Gasteiger partial charge in [-0.1, -0.05) is 6.07 Å². The van der Waals surface area contributed by atoms with Gasteiger partial charge >= 0.3 is 5.97 Å². The number of methoxy groups -OCH3 is 1. The smallest absolute Gasteiger partial charge is 0.336 e. The minimum absolute atomic E-state index is 0.0612. The standard InChI is InChI=1S/C21H23NO6/c1-12-18(21(24)26-9-8-25-2)19(20-14(22-12)4-3-5-15(20)23)13-6-7-16-17(10-13)28-11-27-16/h6-7,10,19,22H,3-5,8-9,11H2,1-2H3/t19-/m0/s1. The fraction of sp³-hybridized carbons (Fsp3) is 0.429. The molecule has 7 nitrogen and oxygen atoms in total. The van der Waals surface area contributed by atoms with E-state index in [1.807, 2.05) is 25.1 Å². The monoisotopic (exact) mass is 385 g/mol. The third-order valence-electron chi connectivity index (χ3n) is 5.25. The average Bonchev–Trinajstić information content (AvgIpc) is 3.15. The lowest BCUT2D eigenvalue weighted by Crippen LogP contribution is -2.34. The lowest BCUT2D eigenvalue weighted by molar-refractivity contribution is -0.140. The van der Waals surface area contributed by atoms with E-state index in [1.165, 1.54) is 0 Å². The molecule has 1 N–H and O–H groups in total. The summed E-state index contributed by atoms with van der Waals surface area (Å²) >= 11 is 0. The normalized spacial score (nSPS) is 20.8. The van der Waals surface area contributed by atoms with Crippen molar-refractivity contribution in [2.24, 2.45) is 0 Å². The third kappa shape index (κ3) is 3.26. The van der Waals surface area contributed by atoms with Crippen molar-refractivity contribution in [1.29, 1.82) is 0 Å². The summed E-state index contributed by atoms with van der Waals surface area (Å²) in [6.07, 6.45) is 2.07. The number of dihydropyridines is 1. The molecule has 0 unspecified atom stereocenters. The van der Waals surface area contributed by atoms with Gasteiger partial charge in [0.1, 0.15) is 6.61 Å². The van der Waals surface area contributed by atoms with Crippen molar-refractivity contribution >= 4 is 11.8 Å². The molecule has 2 heterocycles. The summed E-state index contributed by atoms with van der Waals surface area (Å²) in [6, 6.07) is 5.54. The maximum Gasteiger partial charge on any atom is 0.336 e. The van der Waals surface area contributed by atoms with Crippen LogP contribution in [0.25, 0.3) is 0 Å². The van der Waals surface area contributed by atoms with Gasteiger partial charge in [-0.3, -0.25) is 4.79 Å². The Kier molecular flexibility index (Phi) is 5.09. The highest BCUT2D eigenvalue weighted by Gasteiger charge is 2.39. The van der Waals surface area contributed by atoms with E-state index in [4.69, 9.17) is 18.9 Å². The molecular weight excluding hydrogens is 362 g/mol. The Morgan fingerprint density at radius 3 is 2.86 bits per heavy atom. The van der Waals surface area contributed by atoms with E-state index in [2.05, 4.69) is 5.32 Å². The van der Waals surface area contributed by atoms with Crippen LogP contribution in [0.4, 0.5) is 0 Å². The topological polar surface area (TPSA) is 83.1 Å².